The normalized spacial score (nSPS) is 16.4. The molecule has 2 heterocycles. The van der Waals surface area contributed by atoms with Crippen molar-refractivity contribution in [2.45, 2.75) is 19.3 Å². The van der Waals surface area contributed by atoms with Gasteiger partial charge in [-0.05, 0) is 43.5 Å². The van der Waals surface area contributed by atoms with Crippen molar-refractivity contribution >= 4 is 34.3 Å². The van der Waals surface area contributed by atoms with Crippen molar-refractivity contribution < 1.29 is 14.6 Å². The number of carbonyl (C=O) groups excluding carboxylic acids is 1. The average molecular weight is 454 g/mol. The quantitative estimate of drug-likeness (QED) is 0.502. The van der Waals surface area contributed by atoms with Gasteiger partial charge in [0.05, 0.1) is 9.85 Å². The van der Waals surface area contributed by atoms with Crippen LogP contribution in [0.2, 0.25) is 0 Å². The van der Waals surface area contributed by atoms with Gasteiger partial charge in [-0.1, -0.05) is 0 Å². The molecule has 2 aromatic carbocycles. The molecule has 33 heavy (non-hydrogen) atoms. The van der Waals surface area contributed by atoms with E-state index in [2.05, 4.69) is 10.6 Å². The Morgan fingerprint density at radius 2 is 1.39 bits per heavy atom. The molecular formula is C22H26N6O5. The maximum Gasteiger partial charge on any atom is 0.294 e. The first-order chi connectivity index (χ1) is 15.9. The zero-order valence-electron chi connectivity index (χ0n) is 18.2. The van der Waals surface area contributed by atoms with Gasteiger partial charge in [0, 0.05) is 62.7 Å². The highest BCUT2D eigenvalue weighted by Gasteiger charge is 2.25. The summed E-state index contributed by atoms with van der Waals surface area (Å²) >= 11 is 0. The predicted octanol–water partition coefficient (Wildman–Crippen LogP) is 3.16. The van der Waals surface area contributed by atoms with Crippen LogP contribution >= 0.6 is 0 Å². The van der Waals surface area contributed by atoms with Gasteiger partial charge >= 0.3 is 0 Å². The zero-order chi connectivity index (χ0) is 23.4. The molecule has 2 aliphatic heterocycles. The Morgan fingerprint density at radius 1 is 0.818 bits per heavy atom. The third-order valence-corrected chi connectivity index (χ3v) is 6.02. The number of nitro benzene ring substituents is 2. The Labute approximate surface area is 190 Å². The molecule has 2 N–H and O–H groups in total. The minimum Gasteiger partial charge on any atom is -0.366 e. The van der Waals surface area contributed by atoms with E-state index in [-0.39, 0.29) is 22.6 Å². The number of rotatable bonds is 6. The van der Waals surface area contributed by atoms with Crippen molar-refractivity contribution in [3.8, 4) is 0 Å². The highest BCUT2D eigenvalue weighted by atomic mass is 16.6. The molecule has 174 valence electrons. The smallest absolute Gasteiger partial charge is 0.294 e. The molecule has 11 nitrogen and oxygen atoms in total. The molecule has 2 fully saturated rings. The van der Waals surface area contributed by atoms with Gasteiger partial charge in [-0.2, -0.15) is 0 Å². The minimum atomic E-state index is -0.562. The van der Waals surface area contributed by atoms with Gasteiger partial charge in [-0.3, -0.25) is 25.0 Å². The molecule has 11 heteroatoms. The van der Waals surface area contributed by atoms with E-state index in [0.717, 1.165) is 45.4 Å². The summed E-state index contributed by atoms with van der Waals surface area (Å²) in [5.74, 6) is -0.562. The number of carbonyl (C=O) groups is 1. The van der Waals surface area contributed by atoms with Gasteiger partial charge in [-0.25, -0.2) is 0 Å². The summed E-state index contributed by atoms with van der Waals surface area (Å²) in [6.45, 7) is 4.27. The van der Waals surface area contributed by atoms with Crippen LogP contribution < -0.4 is 20.4 Å². The zero-order valence-corrected chi connectivity index (χ0v) is 18.2. The van der Waals surface area contributed by atoms with Crippen molar-refractivity contribution in [2.75, 3.05) is 54.4 Å². The molecule has 0 atom stereocenters. The molecule has 4 rings (SSSR count). The summed E-state index contributed by atoms with van der Waals surface area (Å²) < 4.78 is 0. The second kappa shape index (κ2) is 9.82. The number of hydrogen-bond donors (Lipinski definition) is 2. The van der Waals surface area contributed by atoms with Crippen molar-refractivity contribution in [1.82, 2.24) is 5.32 Å². The molecule has 0 aliphatic carbocycles. The molecule has 1 amide bonds. The minimum absolute atomic E-state index is 0.0962. The summed E-state index contributed by atoms with van der Waals surface area (Å²) in [6.07, 6.45) is 3.05. The van der Waals surface area contributed by atoms with Crippen LogP contribution in [0.4, 0.5) is 28.4 Å². The van der Waals surface area contributed by atoms with E-state index >= 15 is 0 Å². The van der Waals surface area contributed by atoms with E-state index in [0.29, 0.717) is 24.5 Å². The SMILES string of the molecule is O=C(Nc1ccc(N2CCNCC2)c([N+](=O)[O-])c1)c1ccc(N2CCCCC2)c([N+](=O)[O-])c1. The number of nitrogens with one attached hydrogen (secondary N) is 2. The lowest BCUT2D eigenvalue weighted by Crippen LogP contribution is -2.43. The van der Waals surface area contributed by atoms with Gasteiger partial charge in [0.25, 0.3) is 17.3 Å². The Bertz CT molecular complexity index is 1060. The van der Waals surface area contributed by atoms with Crippen molar-refractivity contribution in [3.63, 3.8) is 0 Å². The maximum atomic E-state index is 12.8. The second-order valence-corrected chi connectivity index (χ2v) is 8.16. The van der Waals surface area contributed by atoms with E-state index in [1.165, 1.54) is 12.1 Å². The Balaban J connectivity index is 1.56. The van der Waals surface area contributed by atoms with Crippen LogP contribution in [0.25, 0.3) is 0 Å². The van der Waals surface area contributed by atoms with Crippen LogP contribution in [0.3, 0.4) is 0 Å². The summed E-state index contributed by atoms with van der Waals surface area (Å²) in [5, 5.41) is 29.2. The predicted molar refractivity (Wildman–Crippen MR) is 125 cm³/mol. The number of piperidine rings is 1. The average Bonchev–Trinajstić information content (AvgIpc) is 2.84. The number of hydrogen-bond acceptors (Lipinski definition) is 8. The van der Waals surface area contributed by atoms with Crippen LogP contribution in [0.5, 0.6) is 0 Å². The first kappa shape index (κ1) is 22.5. The molecule has 0 unspecified atom stereocenters. The molecular weight excluding hydrogens is 428 g/mol. The van der Waals surface area contributed by atoms with E-state index in [1.807, 2.05) is 9.80 Å². The van der Waals surface area contributed by atoms with Crippen LogP contribution in [0.15, 0.2) is 36.4 Å². The summed E-state index contributed by atoms with van der Waals surface area (Å²) in [5.41, 5.74) is 1.17. The summed E-state index contributed by atoms with van der Waals surface area (Å²) in [4.78, 5) is 39.1. The third-order valence-electron chi connectivity index (χ3n) is 6.02. The molecule has 0 saturated carbocycles. The van der Waals surface area contributed by atoms with Gasteiger partial charge < -0.3 is 20.4 Å². The fourth-order valence-corrected chi connectivity index (χ4v) is 4.34. The molecule has 0 bridgehead atoms. The summed E-state index contributed by atoms with van der Waals surface area (Å²) in [6, 6.07) is 8.98. The van der Waals surface area contributed by atoms with E-state index in [1.54, 1.807) is 24.3 Å². The van der Waals surface area contributed by atoms with Crippen molar-refractivity contribution in [1.29, 1.82) is 0 Å². The van der Waals surface area contributed by atoms with Gasteiger partial charge in [0.15, 0.2) is 0 Å². The molecule has 2 saturated heterocycles. The van der Waals surface area contributed by atoms with Crippen LogP contribution in [-0.2, 0) is 0 Å². The number of amides is 1. The van der Waals surface area contributed by atoms with Gasteiger partial charge in [0.1, 0.15) is 11.4 Å². The molecule has 0 aromatic heterocycles. The maximum absolute atomic E-state index is 12.8. The number of benzene rings is 2. The molecule has 2 aliphatic rings. The third kappa shape index (κ3) is 5.03. The van der Waals surface area contributed by atoms with Crippen molar-refractivity contribution in [3.05, 3.63) is 62.2 Å². The highest BCUT2D eigenvalue weighted by molar-refractivity contribution is 6.05. The Kier molecular flexibility index (Phi) is 6.68. The standard InChI is InChI=1S/C22H26N6O5/c29-22(16-4-6-18(20(14-16)27(30)31)25-10-2-1-3-11-25)24-17-5-7-19(21(15-17)28(32)33)26-12-8-23-9-13-26/h4-7,14-15,23H,1-3,8-13H2,(H,24,29). The van der Waals surface area contributed by atoms with Gasteiger partial charge in [-0.15, -0.1) is 0 Å². The van der Waals surface area contributed by atoms with Crippen LogP contribution in [0.1, 0.15) is 29.6 Å². The van der Waals surface area contributed by atoms with Gasteiger partial charge in [0.2, 0.25) is 0 Å². The topological polar surface area (TPSA) is 134 Å². The van der Waals surface area contributed by atoms with E-state index in [4.69, 9.17) is 0 Å². The number of anilines is 3. The monoisotopic (exact) mass is 454 g/mol. The van der Waals surface area contributed by atoms with Crippen molar-refractivity contribution in [2.24, 2.45) is 0 Å². The number of piperazine rings is 1. The fourth-order valence-electron chi connectivity index (χ4n) is 4.34. The number of nitrogens with zero attached hydrogens (tertiary/aromatic N) is 4. The first-order valence-electron chi connectivity index (χ1n) is 11.0. The first-order valence-corrected chi connectivity index (χ1v) is 11.0. The lowest BCUT2D eigenvalue weighted by molar-refractivity contribution is -0.384. The van der Waals surface area contributed by atoms with E-state index < -0.39 is 15.8 Å². The summed E-state index contributed by atoms with van der Waals surface area (Å²) in [7, 11) is 0. The van der Waals surface area contributed by atoms with E-state index in [9.17, 15) is 25.0 Å². The molecule has 2 aromatic rings. The number of nitro groups is 2. The fraction of sp³-hybridized carbons (Fsp3) is 0.409. The lowest BCUT2D eigenvalue weighted by atomic mass is 10.1. The lowest BCUT2D eigenvalue weighted by Gasteiger charge is -2.29. The molecule has 0 radical (unpaired) electrons. The Hall–Kier alpha value is -3.73. The largest absolute Gasteiger partial charge is 0.366 e. The molecule has 0 spiro atoms. The highest BCUT2D eigenvalue weighted by Crippen LogP contribution is 2.33. The van der Waals surface area contributed by atoms with Crippen LogP contribution in [0, 0.1) is 20.2 Å². The second-order valence-electron chi connectivity index (χ2n) is 8.16. The van der Waals surface area contributed by atoms with Crippen LogP contribution in [-0.4, -0.2) is 55.0 Å². The Morgan fingerprint density at radius 3 is 2.03 bits per heavy atom.